The lowest BCUT2D eigenvalue weighted by Gasteiger charge is -2.32. The van der Waals surface area contributed by atoms with Gasteiger partial charge >= 0.3 is 0 Å². The number of aromatic nitrogens is 3. The van der Waals surface area contributed by atoms with Gasteiger partial charge < -0.3 is 14.6 Å². The molecule has 6 nitrogen and oxygen atoms in total. The van der Waals surface area contributed by atoms with E-state index in [2.05, 4.69) is 63.1 Å². The van der Waals surface area contributed by atoms with Crippen molar-refractivity contribution in [3.8, 4) is 5.75 Å². The van der Waals surface area contributed by atoms with Gasteiger partial charge in [-0.05, 0) is 57.5 Å². The molecule has 0 atom stereocenters. The number of nitrogens with zero attached hydrogens (tertiary/aromatic N) is 4. The number of hydrogen-bond acceptors (Lipinski definition) is 5. The van der Waals surface area contributed by atoms with Gasteiger partial charge in [-0.2, -0.15) is 0 Å². The molecule has 140 valence electrons. The van der Waals surface area contributed by atoms with E-state index in [1.165, 1.54) is 24.2 Å². The van der Waals surface area contributed by atoms with Crippen molar-refractivity contribution < 1.29 is 4.74 Å². The molecule has 4 rings (SSSR count). The molecule has 2 aliphatic heterocycles. The highest BCUT2D eigenvalue weighted by atomic mass is 16.5. The maximum absolute atomic E-state index is 5.73. The van der Waals surface area contributed by atoms with Gasteiger partial charge in [0.05, 0.1) is 12.6 Å². The largest absolute Gasteiger partial charge is 0.491 e. The number of piperidine rings is 1. The van der Waals surface area contributed by atoms with E-state index in [1.54, 1.807) is 0 Å². The van der Waals surface area contributed by atoms with Crippen LogP contribution in [0.25, 0.3) is 0 Å². The SMILES string of the molecule is CC(C)Oc1ccc(CN2CCC(c3nnc4n3CCNC4)CC2)cc1. The molecule has 2 aromatic rings. The Kier molecular flexibility index (Phi) is 5.22. The van der Waals surface area contributed by atoms with Gasteiger partial charge in [0, 0.05) is 25.6 Å². The first-order valence-corrected chi connectivity index (χ1v) is 9.79. The maximum Gasteiger partial charge on any atom is 0.147 e. The van der Waals surface area contributed by atoms with E-state index in [1.807, 2.05) is 0 Å². The molecule has 2 aliphatic rings. The second-order valence-electron chi connectivity index (χ2n) is 7.66. The highest BCUT2D eigenvalue weighted by Gasteiger charge is 2.26. The van der Waals surface area contributed by atoms with E-state index in [-0.39, 0.29) is 6.10 Å². The van der Waals surface area contributed by atoms with Crippen molar-refractivity contribution in [3.63, 3.8) is 0 Å². The number of ether oxygens (including phenoxy) is 1. The Hall–Kier alpha value is -1.92. The number of benzene rings is 1. The minimum atomic E-state index is 0.221. The molecule has 0 aliphatic carbocycles. The van der Waals surface area contributed by atoms with Crippen LogP contribution in [-0.4, -0.2) is 45.4 Å². The topological polar surface area (TPSA) is 55.2 Å². The van der Waals surface area contributed by atoms with Crippen molar-refractivity contribution in [1.29, 1.82) is 0 Å². The van der Waals surface area contributed by atoms with E-state index in [0.29, 0.717) is 5.92 Å². The highest BCUT2D eigenvalue weighted by molar-refractivity contribution is 5.27. The minimum absolute atomic E-state index is 0.221. The van der Waals surface area contributed by atoms with E-state index in [4.69, 9.17) is 4.74 Å². The summed E-state index contributed by atoms with van der Waals surface area (Å²) in [5, 5.41) is 12.2. The van der Waals surface area contributed by atoms with Gasteiger partial charge in [-0.3, -0.25) is 4.90 Å². The Labute approximate surface area is 155 Å². The van der Waals surface area contributed by atoms with Crippen LogP contribution >= 0.6 is 0 Å². The number of fused-ring (bicyclic) bond motifs is 1. The Balaban J connectivity index is 1.32. The predicted octanol–water partition coefficient (Wildman–Crippen LogP) is 2.55. The lowest BCUT2D eigenvalue weighted by atomic mass is 9.95. The van der Waals surface area contributed by atoms with Gasteiger partial charge in [0.25, 0.3) is 0 Å². The van der Waals surface area contributed by atoms with Crippen LogP contribution in [0, 0.1) is 0 Å². The fourth-order valence-electron chi connectivity index (χ4n) is 3.97. The molecule has 0 radical (unpaired) electrons. The first-order valence-electron chi connectivity index (χ1n) is 9.79. The first kappa shape index (κ1) is 17.5. The van der Waals surface area contributed by atoms with Gasteiger partial charge in [0.1, 0.15) is 17.4 Å². The zero-order chi connectivity index (χ0) is 17.9. The van der Waals surface area contributed by atoms with Crippen LogP contribution in [0.2, 0.25) is 0 Å². The zero-order valence-corrected chi connectivity index (χ0v) is 15.8. The monoisotopic (exact) mass is 355 g/mol. The summed E-state index contributed by atoms with van der Waals surface area (Å²) in [7, 11) is 0. The van der Waals surface area contributed by atoms with Crippen LogP contribution in [0.4, 0.5) is 0 Å². The number of hydrogen-bond donors (Lipinski definition) is 1. The molecule has 26 heavy (non-hydrogen) atoms. The smallest absolute Gasteiger partial charge is 0.147 e. The van der Waals surface area contributed by atoms with E-state index in [0.717, 1.165) is 50.8 Å². The Bertz CT molecular complexity index is 716. The van der Waals surface area contributed by atoms with Gasteiger partial charge in [0.15, 0.2) is 0 Å². The number of likely N-dealkylation sites (tertiary alicyclic amines) is 1. The molecule has 0 bridgehead atoms. The fourth-order valence-corrected chi connectivity index (χ4v) is 3.97. The van der Waals surface area contributed by atoms with Crippen molar-refractivity contribution in [2.45, 2.75) is 58.3 Å². The molecular formula is C20H29N5O. The second-order valence-corrected chi connectivity index (χ2v) is 7.66. The quantitative estimate of drug-likeness (QED) is 0.893. The molecule has 1 fully saturated rings. The lowest BCUT2D eigenvalue weighted by molar-refractivity contribution is 0.199. The van der Waals surface area contributed by atoms with Crippen LogP contribution < -0.4 is 10.1 Å². The first-order chi connectivity index (χ1) is 12.7. The summed E-state index contributed by atoms with van der Waals surface area (Å²) in [6, 6.07) is 8.54. The summed E-state index contributed by atoms with van der Waals surface area (Å²) in [6.07, 6.45) is 2.55. The Morgan fingerprint density at radius 3 is 2.62 bits per heavy atom. The van der Waals surface area contributed by atoms with Crippen molar-refractivity contribution in [2.24, 2.45) is 0 Å². The molecule has 1 saturated heterocycles. The van der Waals surface area contributed by atoms with Gasteiger partial charge in [-0.25, -0.2) is 0 Å². The molecule has 3 heterocycles. The third-order valence-corrected chi connectivity index (χ3v) is 5.31. The van der Waals surface area contributed by atoms with Crippen LogP contribution in [0.1, 0.15) is 49.8 Å². The van der Waals surface area contributed by atoms with Crippen LogP contribution in [0.5, 0.6) is 5.75 Å². The molecule has 1 aromatic carbocycles. The highest BCUT2D eigenvalue weighted by Crippen LogP contribution is 2.28. The predicted molar refractivity (Wildman–Crippen MR) is 101 cm³/mol. The second kappa shape index (κ2) is 7.76. The van der Waals surface area contributed by atoms with Crippen LogP contribution in [-0.2, 0) is 19.6 Å². The summed E-state index contributed by atoms with van der Waals surface area (Å²) >= 11 is 0. The molecule has 0 spiro atoms. The van der Waals surface area contributed by atoms with Crippen molar-refractivity contribution in [1.82, 2.24) is 25.0 Å². The number of nitrogens with one attached hydrogen (secondary N) is 1. The summed E-state index contributed by atoms with van der Waals surface area (Å²) in [5.74, 6) is 3.80. The van der Waals surface area contributed by atoms with E-state index < -0.39 is 0 Å². The molecular weight excluding hydrogens is 326 g/mol. The van der Waals surface area contributed by atoms with Crippen molar-refractivity contribution >= 4 is 0 Å². The molecule has 0 unspecified atom stereocenters. The standard InChI is InChI=1S/C20H29N5O/c1-15(2)26-18-5-3-16(4-6-18)14-24-10-7-17(8-11-24)20-23-22-19-13-21-9-12-25(19)20/h3-6,15,17,21H,7-14H2,1-2H3. The third kappa shape index (κ3) is 3.91. The average molecular weight is 355 g/mol. The van der Waals surface area contributed by atoms with Gasteiger partial charge in [-0.1, -0.05) is 12.1 Å². The Morgan fingerprint density at radius 1 is 1.12 bits per heavy atom. The Morgan fingerprint density at radius 2 is 1.88 bits per heavy atom. The fraction of sp³-hybridized carbons (Fsp3) is 0.600. The van der Waals surface area contributed by atoms with Crippen LogP contribution in [0.15, 0.2) is 24.3 Å². The van der Waals surface area contributed by atoms with Crippen molar-refractivity contribution in [2.75, 3.05) is 19.6 Å². The summed E-state index contributed by atoms with van der Waals surface area (Å²) in [6.45, 7) is 10.2. The molecule has 0 amide bonds. The lowest BCUT2D eigenvalue weighted by Crippen LogP contribution is -2.34. The molecule has 6 heteroatoms. The van der Waals surface area contributed by atoms with Gasteiger partial charge in [-0.15, -0.1) is 10.2 Å². The maximum atomic E-state index is 5.73. The van der Waals surface area contributed by atoms with E-state index >= 15 is 0 Å². The van der Waals surface area contributed by atoms with E-state index in [9.17, 15) is 0 Å². The average Bonchev–Trinajstić information content (AvgIpc) is 3.08. The summed E-state index contributed by atoms with van der Waals surface area (Å²) in [5.41, 5.74) is 1.35. The zero-order valence-electron chi connectivity index (χ0n) is 15.8. The van der Waals surface area contributed by atoms with Gasteiger partial charge in [0.2, 0.25) is 0 Å². The molecule has 1 N–H and O–H groups in total. The third-order valence-electron chi connectivity index (χ3n) is 5.31. The summed E-state index contributed by atoms with van der Waals surface area (Å²) < 4.78 is 8.06. The number of rotatable bonds is 5. The molecule has 0 saturated carbocycles. The van der Waals surface area contributed by atoms with Crippen LogP contribution in [0.3, 0.4) is 0 Å². The molecule has 1 aromatic heterocycles. The normalized spacial score (nSPS) is 18.9. The van der Waals surface area contributed by atoms with Crippen molar-refractivity contribution in [3.05, 3.63) is 41.5 Å². The minimum Gasteiger partial charge on any atom is -0.491 e. The summed E-state index contributed by atoms with van der Waals surface area (Å²) in [4.78, 5) is 2.55.